The van der Waals surface area contributed by atoms with Crippen LogP contribution in [0.15, 0.2) is 0 Å². The van der Waals surface area contributed by atoms with E-state index in [1.54, 1.807) is 6.92 Å². The van der Waals surface area contributed by atoms with Crippen LogP contribution in [0.25, 0.3) is 0 Å². The highest BCUT2D eigenvalue weighted by atomic mass is 19.3. The molecule has 0 bridgehead atoms. The maximum Gasteiger partial charge on any atom is 0.315 e. The van der Waals surface area contributed by atoms with Gasteiger partial charge in [0.1, 0.15) is 6.10 Å². The molecule has 1 aliphatic carbocycles. The predicted octanol–water partition coefficient (Wildman–Crippen LogP) is 0.741. The second-order valence-electron chi connectivity index (χ2n) is 2.37. The van der Waals surface area contributed by atoms with Gasteiger partial charge in [-0.1, -0.05) is 0 Å². The summed E-state index contributed by atoms with van der Waals surface area (Å²) in [5.74, 6) is -6.29. The number of rotatable bonds is 3. The molecule has 0 spiro atoms. The number of halogens is 2. The van der Waals surface area contributed by atoms with Crippen LogP contribution in [0, 0.1) is 5.92 Å². The Kier molecular flexibility index (Phi) is 1.83. The normalized spacial score (nSPS) is 33.4. The van der Waals surface area contributed by atoms with Crippen LogP contribution in [0.2, 0.25) is 0 Å². The van der Waals surface area contributed by atoms with Crippen LogP contribution in [0.3, 0.4) is 0 Å². The second-order valence-corrected chi connectivity index (χ2v) is 2.37. The van der Waals surface area contributed by atoms with Crippen molar-refractivity contribution in [2.45, 2.75) is 19.0 Å². The lowest BCUT2D eigenvalue weighted by Crippen LogP contribution is -2.05. The lowest BCUT2D eigenvalue weighted by molar-refractivity contribution is -0.141. The van der Waals surface area contributed by atoms with Crippen molar-refractivity contribution in [3.05, 3.63) is 0 Å². The number of carboxylic acids is 1. The molecule has 0 aliphatic heterocycles. The van der Waals surface area contributed by atoms with Crippen molar-refractivity contribution in [3.63, 3.8) is 0 Å². The zero-order chi connectivity index (χ0) is 8.65. The van der Waals surface area contributed by atoms with Crippen LogP contribution < -0.4 is 0 Å². The van der Waals surface area contributed by atoms with Crippen molar-refractivity contribution >= 4 is 5.97 Å². The Bertz CT molecular complexity index is 181. The molecular weight excluding hydrogens is 158 g/mol. The third kappa shape index (κ3) is 1.20. The molecule has 2 unspecified atom stereocenters. The molecule has 1 aliphatic rings. The van der Waals surface area contributed by atoms with Gasteiger partial charge in [-0.2, -0.15) is 0 Å². The van der Waals surface area contributed by atoms with Crippen molar-refractivity contribution in [2.75, 3.05) is 6.61 Å². The maximum absolute atomic E-state index is 12.4. The molecule has 11 heavy (non-hydrogen) atoms. The Morgan fingerprint density at radius 1 is 1.73 bits per heavy atom. The van der Waals surface area contributed by atoms with Crippen molar-refractivity contribution in [1.29, 1.82) is 0 Å². The summed E-state index contributed by atoms with van der Waals surface area (Å²) in [4.78, 5) is 10.1. The molecule has 5 heteroatoms. The third-order valence-electron chi connectivity index (χ3n) is 1.60. The van der Waals surface area contributed by atoms with E-state index >= 15 is 0 Å². The quantitative estimate of drug-likeness (QED) is 0.672. The maximum atomic E-state index is 12.4. The zero-order valence-corrected chi connectivity index (χ0v) is 5.88. The van der Waals surface area contributed by atoms with Crippen LogP contribution >= 0.6 is 0 Å². The minimum absolute atomic E-state index is 0.115. The van der Waals surface area contributed by atoms with E-state index in [0.717, 1.165) is 0 Å². The molecule has 1 N–H and O–H groups in total. The second kappa shape index (κ2) is 2.41. The van der Waals surface area contributed by atoms with E-state index in [0.29, 0.717) is 0 Å². The highest BCUT2D eigenvalue weighted by Gasteiger charge is 2.73. The van der Waals surface area contributed by atoms with E-state index in [1.165, 1.54) is 0 Å². The lowest BCUT2D eigenvalue weighted by atomic mass is 10.4. The van der Waals surface area contributed by atoms with Gasteiger partial charge in [0, 0.05) is 6.61 Å². The summed E-state index contributed by atoms with van der Waals surface area (Å²) in [6.07, 6.45) is -1.41. The summed E-state index contributed by atoms with van der Waals surface area (Å²) in [7, 11) is 0. The number of alkyl halides is 2. The molecule has 1 saturated carbocycles. The topological polar surface area (TPSA) is 46.5 Å². The molecule has 64 valence electrons. The van der Waals surface area contributed by atoms with E-state index in [4.69, 9.17) is 5.11 Å². The molecule has 0 aromatic carbocycles. The van der Waals surface area contributed by atoms with Gasteiger partial charge in [-0.05, 0) is 6.92 Å². The van der Waals surface area contributed by atoms with Gasteiger partial charge >= 0.3 is 5.97 Å². The Balaban J connectivity index is 2.53. The van der Waals surface area contributed by atoms with Crippen molar-refractivity contribution < 1.29 is 23.4 Å². The fourth-order valence-electron chi connectivity index (χ4n) is 0.980. The van der Waals surface area contributed by atoms with Crippen LogP contribution in [-0.4, -0.2) is 29.7 Å². The number of hydrogen-bond donors (Lipinski definition) is 1. The Morgan fingerprint density at radius 3 is 2.55 bits per heavy atom. The summed E-state index contributed by atoms with van der Waals surface area (Å²) < 4.78 is 29.3. The van der Waals surface area contributed by atoms with Crippen LogP contribution in [0.4, 0.5) is 8.78 Å². The molecule has 0 saturated heterocycles. The summed E-state index contributed by atoms with van der Waals surface area (Å²) in [5, 5.41) is 8.23. The van der Waals surface area contributed by atoms with Gasteiger partial charge in [-0.3, -0.25) is 4.79 Å². The Labute approximate surface area is 62.0 Å². The molecule has 0 radical (unpaired) electrons. The number of carboxylic acid groups (broad SMARTS) is 1. The van der Waals surface area contributed by atoms with E-state index in [-0.39, 0.29) is 6.61 Å². The smallest absolute Gasteiger partial charge is 0.315 e. The summed E-state index contributed by atoms with van der Waals surface area (Å²) in [6, 6.07) is 0. The van der Waals surface area contributed by atoms with Crippen molar-refractivity contribution in [3.8, 4) is 0 Å². The fourth-order valence-corrected chi connectivity index (χ4v) is 0.980. The van der Waals surface area contributed by atoms with Gasteiger partial charge in [-0.25, -0.2) is 8.78 Å². The van der Waals surface area contributed by atoms with Crippen LogP contribution in [-0.2, 0) is 9.53 Å². The minimum Gasteiger partial charge on any atom is -0.481 e. The van der Waals surface area contributed by atoms with E-state index in [9.17, 15) is 13.6 Å². The molecule has 1 rings (SSSR count). The average molecular weight is 166 g/mol. The summed E-state index contributed by atoms with van der Waals surface area (Å²) in [5.41, 5.74) is 0. The molecule has 0 aromatic heterocycles. The SMILES string of the molecule is CCOC1C(C(=O)O)C1(F)F. The van der Waals surface area contributed by atoms with Crippen molar-refractivity contribution in [2.24, 2.45) is 5.92 Å². The largest absolute Gasteiger partial charge is 0.481 e. The molecule has 0 aromatic rings. The minimum atomic E-state index is -3.16. The molecule has 2 atom stereocenters. The molecule has 0 amide bonds. The first-order valence-electron chi connectivity index (χ1n) is 3.24. The van der Waals surface area contributed by atoms with Gasteiger partial charge in [0.25, 0.3) is 5.92 Å². The number of ether oxygens (including phenoxy) is 1. The Morgan fingerprint density at radius 2 is 2.27 bits per heavy atom. The van der Waals surface area contributed by atoms with Crippen LogP contribution in [0.5, 0.6) is 0 Å². The third-order valence-corrected chi connectivity index (χ3v) is 1.60. The standard InChI is InChI=1S/C6H8F2O3/c1-2-11-4-3(5(9)10)6(4,7)8/h3-4H,2H2,1H3,(H,9,10). The zero-order valence-electron chi connectivity index (χ0n) is 5.88. The molecular formula is C6H8F2O3. The highest BCUT2D eigenvalue weighted by Crippen LogP contribution is 2.51. The summed E-state index contributed by atoms with van der Waals surface area (Å²) in [6.45, 7) is 1.66. The number of carbonyl (C=O) groups is 1. The van der Waals surface area contributed by atoms with Gasteiger partial charge in [-0.15, -0.1) is 0 Å². The van der Waals surface area contributed by atoms with Gasteiger partial charge in [0.15, 0.2) is 5.92 Å². The summed E-state index contributed by atoms with van der Waals surface area (Å²) >= 11 is 0. The first kappa shape index (κ1) is 8.39. The molecule has 0 heterocycles. The monoisotopic (exact) mass is 166 g/mol. The Hall–Kier alpha value is -0.710. The predicted molar refractivity (Wildman–Crippen MR) is 31.5 cm³/mol. The number of hydrogen-bond acceptors (Lipinski definition) is 2. The fraction of sp³-hybridized carbons (Fsp3) is 0.833. The van der Waals surface area contributed by atoms with Crippen molar-refractivity contribution in [1.82, 2.24) is 0 Å². The first-order chi connectivity index (χ1) is 5.01. The highest BCUT2D eigenvalue weighted by molar-refractivity contribution is 5.76. The van der Waals surface area contributed by atoms with Crippen LogP contribution in [0.1, 0.15) is 6.92 Å². The van der Waals surface area contributed by atoms with E-state index in [1.807, 2.05) is 0 Å². The molecule has 3 nitrogen and oxygen atoms in total. The lowest BCUT2D eigenvalue weighted by Gasteiger charge is -1.94. The van der Waals surface area contributed by atoms with Gasteiger partial charge < -0.3 is 9.84 Å². The first-order valence-corrected chi connectivity index (χ1v) is 3.24. The van der Waals surface area contributed by atoms with E-state index in [2.05, 4.69) is 4.74 Å². The van der Waals surface area contributed by atoms with Gasteiger partial charge in [0.05, 0.1) is 0 Å². The molecule has 1 fully saturated rings. The number of aliphatic carboxylic acids is 1. The van der Waals surface area contributed by atoms with Gasteiger partial charge in [0.2, 0.25) is 0 Å². The van der Waals surface area contributed by atoms with E-state index < -0.39 is 23.9 Å². The average Bonchev–Trinajstić information content (AvgIpc) is 2.35.